The van der Waals surface area contributed by atoms with Crippen LogP contribution in [-0.4, -0.2) is 29.7 Å². The Labute approximate surface area is 96.2 Å². The van der Waals surface area contributed by atoms with Gasteiger partial charge in [-0.2, -0.15) is 5.26 Å². The topological polar surface area (TPSA) is 53.3 Å². The molecule has 1 heterocycles. The van der Waals surface area contributed by atoms with Crippen LogP contribution in [0.3, 0.4) is 0 Å². The smallest absolute Gasteiger partial charge is 0.410 e. The summed E-state index contributed by atoms with van der Waals surface area (Å²) in [5, 5.41) is 8.91. The molecular formula is C12H18N2O2. The standard InChI is InChI=1S/C12H18N2O2/c1-11(2,3)16-10(15)14-7-12(8-14)5-4-9(12)6-13/h9H,4-5,7-8H2,1-3H3. The van der Waals surface area contributed by atoms with Crippen LogP contribution in [0.4, 0.5) is 4.79 Å². The van der Waals surface area contributed by atoms with Crippen LogP contribution < -0.4 is 0 Å². The zero-order chi connectivity index (χ0) is 12.0. The van der Waals surface area contributed by atoms with Crippen molar-refractivity contribution in [1.29, 1.82) is 5.26 Å². The number of carbonyl (C=O) groups excluding carboxylic acids is 1. The van der Waals surface area contributed by atoms with Gasteiger partial charge in [-0.25, -0.2) is 4.79 Å². The molecule has 88 valence electrons. The van der Waals surface area contributed by atoms with Crippen LogP contribution in [0, 0.1) is 22.7 Å². The van der Waals surface area contributed by atoms with Crippen molar-refractivity contribution in [2.24, 2.45) is 11.3 Å². The molecule has 0 aromatic rings. The van der Waals surface area contributed by atoms with Gasteiger partial charge in [0.05, 0.1) is 12.0 Å². The lowest BCUT2D eigenvalue weighted by Crippen LogP contribution is -2.65. The third kappa shape index (κ3) is 1.75. The molecule has 0 N–H and O–H groups in total. The molecule has 0 bridgehead atoms. The molecule has 1 atom stereocenters. The zero-order valence-electron chi connectivity index (χ0n) is 10.1. The summed E-state index contributed by atoms with van der Waals surface area (Å²) in [5.41, 5.74) is -0.334. The quantitative estimate of drug-likeness (QED) is 0.631. The fraction of sp³-hybridized carbons (Fsp3) is 0.833. The lowest BCUT2D eigenvalue weighted by molar-refractivity contribution is -0.0931. The molecule has 1 unspecified atom stereocenters. The number of rotatable bonds is 0. The Kier molecular flexibility index (Phi) is 2.37. The highest BCUT2D eigenvalue weighted by molar-refractivity contribution is 5.69. The van der Waals surface area contributed by atoms with E-state index in [1.807, 2.05) is 20.8 Å². The van der Waals surface area contributed by atoms with E-state index in [0.29, 0.717) is 13.1 Å². The number of amides is 1. The first kappa shape index (κ1) is 11.3. The maximum Gasteiger partial charge on any atom is 0.410 e. The fourth-order valence-corrected chi connectivity index (χ4v) is 2.45. The van der Waals surface area contributed by atoms with E-state index in [2.05, 4.69) is 6.07 Å². The maximum absolute atomic E-state index is 11.7. The normalized spacial score (nSPS) is 26.6. The third-order valence-corrected chi connectivity index (χ3v) is 3.49. The molecule has 1 saturated carbocycles. The maximum atomic E-state index is 11.7. The molecule has 4 nitrogen and oxygen atoms in total. The van der Waals surface area contributed by atoms with Crippen LogP contribution in [-0.2, 0) is 4.74 Å². The first-order valence-corrected chi connectivity index (χ1v) is 5.74. The summed E-state index contributed by atoms with van der Waals surface area (Å²) in [6.07, 6.45) is 1.81. The summed E-state index contributed by atoms with van der Waals surface area (Å²) < 4.78 is 5.28. The van der Waals surface area contributed by atoms with Gasteiger partial charge < -0.3 is 9.64 Å². The second-order valence-corrected chi connectivity index (χ2v) is 5.92. The van der Waals surface area contributed by atoms with Crippen molar-refractivity contribution in [3.8, 4) is 6.07 Å². The van der Waals surface area contributed by atoms with Crippen LogP contribution in [0.25, 0.3) is 0 Å². The minimum Gasteiger partial charge on any atom is -0.444 e. The van der Waals surface area contributed by atoms with Crippen molar-refractivity contribution in [2.45, 2.75) is 39.2 Å². The number of nitriles is 1. The highest BCUT2D eigenvalue weighted by atomic mass is 16.6. The summed E-state index contributed by atoms with van der Waals surface area (Å²) in [4.78, 5) is 13.4. The summed E-state index contributed by atoms with van der Waals surface area (Å²) in [7, 11) is 0. The van der Waals surface area contributed by atoms with Gasteiger partial charge in [-0.1, -0.05) is 0 Å². The highest BCUT2D eigenvalue weighted by Crippen LogP contribution is 2.52. The van der Waals surface area contributed by atoms with E-state index in [1.54, 1.807) is 4.90 Å². The molecule has 4 heteroatoms. The summed E-state index contributed by atoms with van der Waals surface area (Å²) in [6.45, 7) is 6.98. The van der Waals surface area contributed by atoms with Gasteiger partial charge in [-0.05, 0) is 33.6 Å². The number of carbonyl (C=O) groups is 1. The second-order valence-electron chi connectivity index (χ2n) is 5.92. The van der Waals surface area contributed by atoms with E-state index in [0.717, 1.165) is 12.8 Å². The Bertz CT molecular complexity index is 345. The highest BCUT2D eigenvalue weighted by Gasteiger charge is 2.56. The predicted molar refractivity (Wildman–Crippen MR) is 58.6 cm³/mol. The fourth-order valence-electron chi connectivity index (χ4n) is 2.45. The van der Waals surface area contributed by atoms with Gasteiger partial charge in [0, 0.05) is 18.5 Å². The number of nitrogens with zero attached hydrogens (tertiary/aromatic N) is 2. The van der Waals surface area contributed by atoms with Crippen LogP contribution in [0.2, 0.25) is 0 Å². The minimum atomic E-state index is -0.436. The second kappa shape index (κ2) is 3.38. The third-order valence-electron chi connectivity index (χ3n) is 3.49. The molecule has 1 aliphatic heterocycles. The van der Waals surface area contributed by atoms with E-state index in [9.17, 15) is 4.79 Å². The lowest BCUT2D eigenvalue weighted by atomic mass is 9.56. The molecule has 16 heavy (non-hydrogen) atoms. The molecule has 2 aliphatic rings. The summed E-state index contributed by atoms with van der Waals surface area (Å²) in [6, 6.07) is 2.32. The van der Waals surface area contributed by atoms with Gasteiger partial charge in [0.2, 0.25) is 0 Å². The lowest BCUT2D eigenvalue weighted by Gasteiger charge is -2.58. The molecule has 0 aromatic heterocycles. The molecule has 0 radical (unpaired) electrons. The van der Waals surface area contributed by atoms with Crippen LogP contribution in [0.5, 0.6) is 0 Å². The SMILES string of the molecule is CC(C)(C)OC(=O)N1CC2(CCC2C#N)C1. The van der Waals surface area contributed by atoms with Crippen molar-refractivity contribution >= 4 is 6.09 Å². The predicted octanol–water partition coefficient (Wildman–Crippen LogP) is 2.16. The van der Waals surface area contributed by atoms with Gasteiger partial charge >= 0.3 is 6.09 Å². The van der Waals surface area contributed by atoms with Crippen molar-refractivity contribution in [2.75, 3.05) is 13.1 Å². The monoisotopic (exact) mass is 222 g/mol. The van der Waals surface area contributed by atoms with Gasteiger partial charge in [-0.3, -0.25) is 0 Å². The number of hydrogen-bond donors (Lipinski definition) is 0. The first-order valence-electron chi connectivity index (χ1n) is 5.74. The van der Waals surface area contributed by atoms with E-state index in [4.69, 9.17) is 10.00 Å². The molecule has 1 aliphatic carbocycles. The number of likely N-dealkylation sites (tertiary alicyclic amines) is 1. The average Bonchev–Trinajstić information content (AvgIpc) is 1.96. The van der Waals surface area contributed by atoms with Gasteiger partial charge in [0.25, 0.3) is 0 Å². The van der Waals surface area contributed by atoms with Crippen LogP contribution in [0.15, 0.2) is 0 Å². The summed E-state index contributed by atoms with van der Waals surface area (Å²) in [5.74, 6) is 0.145. The Morgan fingerprint density at radius 2 is 2.12 bits per heavy atom. The van der Waals surface area contributed by atoms with Crippen molar-refractivity contribution in [3.05, 3.63) is 0 Å². The molecule has 0 aromatic carbocycles. The Balaban J connectivity index is 1.85. The Morgan fingerprint density at radius 3 is 2.50 bits per heavy atom. The van der Waals surface area contributed by atoms with Gasteiger partial charge in [0.15, 0.2) is 0 Å². The molecular weight excluding hydrogens is 204 g/mol. The molecule has 2 rings (SSSR count). The largest absolute Gasteiger partial charge is 0.444 e. The average molecular weight is 222 g/mol. The minimum absolute atomic E-state index is 0.103. The van der Waals surface area contributed by atoms with E-state index in [1.165, 1.54) is 0 Å². The number of ether oxygens (including phenoxy) is 1. The van der Waals surface area contributed by atoms with Gasteiger partial charge in [0.1, 0.15) is 5.60 Å². The van der Waals surface area contributed by atoms with E-state index in [-0.39, 0.29) is 17.4 Å². The van der Waals surface area contributed by atoms with Crippen molar-refractivity contribution < 1.29 is 9.53 Å². The van der Waals surface area contributed by atoms with Crippen LogP contribution >= 0.6 is 0 Å². The molecule has 2 fully saturated rings. The molecule has 1 amide bonds. The van der Waals surface area contributed by atoms with E-state index >= 15 is 0 Å². The van der Waals surface area contributed by atoms with Crippen molar-refractivity contribution in [1.82, 2.24) is 4.90 Å². The number of hydrogen-bond acceptors (Lipinski definition) is 3. The zero-order valence-corrected chi connectivity index (χ0v) is 10.1. The Morgan fingerprint density at radius 1 is 1.50 bits per heavy atom. The molecule has 1 saturated heterocycles. The van der Waals surface area contributed by atoms with E-state index < -0.39 is 5.60 Å². The van der Waals surface area contributed by atoms with Crippen molar-refractivity contribution in [3.63, 3.8) is 0 Å². The van der Waals surface area contributed by atoms with Crippen LogP contribution in [0.1, 0.15) is 33.6 Å². The van der Waals surface area contributed by atoms with Gasteiger partial charge in [-0.15, -0.1) is 0 Å². The molecule has 1 spiro atoms. The Hall–Kier alpha value is -1.24. The summed E-state index contributed by atoms with van der Waals surface area (Å²) >= 11 is 0. The first-order chi connectivity index (χ1) is 7.36.